The Morgan fingerprint density at radius 1 is 0.558 bits per heavy atom. The molecular weight excluding hydrogens is 546 g/mol. The Hall–Kier alpha value is -1.52. The molecule has 8 fully saturated rings. The van der Waals surface area contributed by atoms with Crippen molar-refractivity contribution in [2.75, 3.05) is 52.5 Å². The van der Waals surface area contributed by atoms with Crippen LogP contribution in [0.1, 0.15) is 103 Å². The van der Waals surface area contributed by atoms with Gasteiger partial charge in [-0.3, -0.25) is 29.0 Å². The third-order valence-electron chi connectivity index (χ3n) is 10.8. The highest BCUT2D eigenvalue weighted by molar-refractivity contribution is 5.85. The third kappa shape index (κ3) is 9.03. The summed E-state index contributed by atoms with van der Waals surface area (Å²) >= 11 is 0. The van der Waals surface area contributed by atoms with Crippen molar-refractivity contribution in [3.63, 3.8) is 0 Å². The van der Waals surface area contributed by atoms with Crippen molar-refractivity contribution in [1.82, 2.24) is 15.1 Å². The van der Waals surface area contributed by atoms with Gasteiger partial charge in [-0.2, -0.15) is 0 Å². The summed E-state index contributed by atoms with van der Waals surface area (Å²) in [7, 11) is 0. The van der Waals surface area contributed by atoms with Crippen LogP contribution in [-0.2, 0) is 28.7 Å². The molecule has 1 N–H and O–H groups in total. The normalized spacial score (nSPS) is 36.2. The summed E-state index contributed by atoms with van der Waals surface area (Å²) in [6, 6.07) is 0.955. The van der Waals surface area contributed by atoms with Gasteiger partial charge in [0.2, 0.25) is 0 Å². The van der Waals surface area contributed by atoms with E-state index in [0.29, 0.717) is 47.7 Å². The molecular formula is C34H55N3O6. The highest BCUT2D eigenvalue weighted by Crippen LogP contribution is 2.31. The topological polar surface area (TPSA) is 105 Å². The number of ether oxygens (including phenoxy) is 2. The Morgan fingerprint density at radius 3 is 1.93 bits per heavy atom. The van der Waals surface area contributed by atoms with E-state index in [1.807, 2.05) is 0 Å². The largest absolute Gasteiger partial charge is 0.378 e. The van der Waals surface area contributed by atoms with E-state index in [1.165, 1.54) is 19.3 Å². The molecule has 6 atom stereocenters. The average molecular weight is 602 g/mol. The highest BCUT2D eigenvalue weighted by atomic mass is 16.5. The zero-order valence-electron chi connectivity index (χ0n) is 26.3. The Morgan fingerprint density at radius 2 is 1.21 bits per heavy atom. The van der Waals surface area contributed by atoms with Crippen LogP contribution in [0.25, 0.3) is 0 Å². The molecule has 8 rings (SSSR count). The molecule has 6 unspecified atom stereocenters. The number of piperidine rings is 3. The molecule has 0 aromatic rings. The quantitative estimate of drug-likeness (QED) is 0.447. The zero-order chi connectivity index (χ0) is 30.0. The van der Waals surface area contributed by atoms with E-state index in [-0.39, 0.29) is 18.1 Å². The number of carbonyl (C=O) groups is 4. The highest BCUT2D eigenvalue weighted by Gasteiger charge is 2.35. The van der Waals surface area contributed by atoms with Crippen LogP contribution in [0.4, 0.5) is 0 Å². The van der Waals surface area contributed by atoms with Crippen LogP contribution in [-0.4, -0.2) is 110 Å². The van der Waals surface area contributed by atoms with E-state index in [2.05, 4.69) is 15.1 Å². The van der Waals surface area contributed by atoms with Crippen molar-refractivity contribution in [2.45, 2.75) is 127 Å². The molecule has 2 saturated carbocycles. The molecule has 0 aromatic heterocycles. The average Bonchev–Trinajstić information content (AvgIpc) is 3.54. The SMILES string of the molecule is O=C1CCCC2NCCCC12.O=C1CCCC2OCCCC12.O=C1CCCN2CCCC12.O=C1CCCN2CCOCC12. The first-order chi connectivity index (χ1) is 21.0. The van der Waals surface area contributed by atoms with Crippen LogP contribution < -0.4 is 5.32 Å². The molecule has 0 radical (unpaired) electrons. The number of rotatable bonds is 0. The molecule has 6 saturated heterocycles. The minimum absolute atomic E-state index is 0.0949. The van der Waals surface area contributed by atoms with Crippen molar-refractivity contribution < 1.29 is 28.7 Å². The van der Waals surface area contributed by atoms with Gasteiger partial charge in [0.15, 0.2) is 5.78 Å². The molecule has 6 heterocycles. The van der Waals surface area contributed by atoms with E-state index in [9.17, 15) is 19.2 Å². The minimum atomic E-state index is 0.0949. The van der Waals surface area contributed by atoms with Crippen molar-refractivity contribution in [3.8, 4) is 0 Å². The molecule has 0 aromatic carbocycles. The van der Waals surface area contributed by atoms with E-state index < -0.39 is 0 Å². The first kappa shape index (κ1) is 32.9. The molecule has 0 amide bonds. The lowest BCUT2D eigenvalue weighted by atomic mass is 9.79. The number of ketones is 4. The van der Waals surface area contributed by atoms with Crippen molar-refractivity contribution in [2.24, 2.45) is 11.8 Å². The van der Waals surface area contributed by atoms with Gasteiger partial charge in [0.05, 0.1) is 31.4 Å². The first-order valence-corrected chi connectivity index (χ1v) is 17.5. The fourth-order valence-corrected chi connectivity index (χ4v) is 8.39. The maximum atomic E-state index is 11.4. The number of hydrogen-bond donors (Lipinski definition) is 1. The molecule has 2 aliphatic carbocycles. The summed E-state index contributed by atoms with van der Waals surface area (Å²) in [6.07, 6.45) is 16.9. The minimum Gasteiger partial charge on any atom is -0.378 e. The number of fused-ring (bicyclic) bond motifs is 4. The predicted molar refractivity (Wildman–Crippen MR) is 164 cm³/mol. The summed E-state index contributed by atoms with van der Waals surface area (Å²) in [5, 5.41) is 3.43. The molecule has 9 heteroatoms. The van der Waals surface area contributed by atoms with Gasteiger partial charge in [-0.05, 0) is 103 Å². The summed E-state index contributed by atoms with van der Waals surface area (Å²) in [5.74, 6) is 2.45. The smallest absolute Gasteiger partial charge is 0.152 e. The van der Waals surface area contributed by atoms with Gasteiger partial charge >= 0.3 is 0 Å². The van der Waals surface area contributed by atoms with E-state index in [4.69, 9.17) is 9.47 Å². The van der Waals surface area contributed by atoms with E-state index in [0.717, 1.165) is 129 Å². The van der Waals surface area contributed by atoms with Crippen molar-refractivity contribution >= 4 is 23.1 Å². The van der Waals surface area contributed by atoms with E-state index >= 15 is 0 Å². The first-order valence-electron chi connectivity index (χ1n) is 17.5. The molecule has 242 valence electrons. The van der Waals surface area contributed by atoms with Crippen LogP contribution >= 0.6 is 0 Å². The maximum Gasteiger partial charge on any atom is 0.152 e. The van der Waals surface area contributed by atoms with Gasteiger partial charge in [-0.15, -0.1) is 0 Å². The molecule has 9 nitrogen and oxygen atoms in total. The molecule has 0 spiro atoms. The summed E-state index contributed by atoms with van der Waals surface area (Å²) in [4.78, 5) is 49.9. The van der Waals surface area contributed by atoms with Crippen LogP contribution in [0.15, 0.2) is 0 Å². The number of hydrogen-bond acceptors (Lipinski definition) is 9. The number of nitrogens with zero attached hydrogens (tertiary/aromatic N) is 2. The predicted octanol–water partition coefficient (Wildman–Crippen LogP) is 3.51. The van der Waals surface area contributed by atoms with Crippen LogP contribution in [0.3, 0.4) is 0 Å². The molecule has 8 aliphatic rings. The number of nitrogens with one attached hydrogen (secondary N) is 1. The Balaban J connectivity index is 0.000000114. The number of morpholine rings is 1. The molecule has 43 heavy (non-hydrogen) atoms. The van der Waals surface area contributed by atoms with Gasteiger partial charge in [0, 0.05) is 56.7 Å². The monoisotopic (exact) mass is 601 g/mol. The van der Waals surface area contributed by atoms with Crippen LogP contribution in [0, 0.1) is 11.8 Å². The Labute approximate surface area is 258 Å². The van der Waals surface area contributed by atoms with E-state index in [1.54, 1.807) is 0 Å². The van der Waals surface area contributed by atoms with Gasteiger partial charge in [-0.25, -0.2) is 0 Å². The lowest BCUT2D eigenvalue weighted by Gasteiger charge is -2.37. The zero-order valence-corrected chi connectivity index (χ0v) is 26.3. The second-order valence-corrected chi connectivity index (χ2v) is 13.6. The fraction of sp³-hybridized carbons (Fsp3) is 0.882. The summed E-state index contributed by atoms with van der Waals surface area (Å²) < 4.78 is 10.8. The summed E-state index contributed by atoms with van der Waals surface area (Å²) in [6.45, 7) is 7.76. The molecule has 6 aliphatic heterocycles. The Kier molecular flexibility index (Phi) is 12.8. The van der Waals surface area contributed by atoms with Gasteiger partial charge in [0.1, 0.15) is 17.3 Å². The lowest BCUT2D eigenvalue weighted by Crippen LogP contribution is -2.52. The van der Waals surface area contributed by atoms with Crippen molar-refractivity contribution in [3.05, 3.63) is 0 Å². The summed E-state index contributed by atoms with van der Waals surface area (Å²) in [5.41, 5.74) is 0. The van der Waals surface area contributed by atoms with Gasteiger partial charge < -0.3 is 14.8 Å². The second kappa shape index (κ2) is 16.7. The van der Waals surface area contributed by atoms with Crippen molar-refractivity contribution in [1.29, 1.82) is 0 Å². The second-order valence-electron chi connectivity index (χ2n) is 13.6. The number of Topliss-reactive ketones (excluding diaryl/α,β-unsaturated/α-hetero) is 4. The Bertz CT molecular complexity index is 862. The van der Waals surface area contributed by atoms with Crippen LogP contribution in [0.5, 0.6) is 0 Å². The lowest BCUT2D eigenvalue weighted by molar-refractivity contribution is -0.136. The van der Waals surface area contributed by atoms with Crippen LogP contribution in [0.2, 0.25) is 0 Å². The third-order valence-corrected chi connectivity index (χ3v) is 10.8. The fourth-order valence-electron chi connectivity index (χ4n) is 8.39. The van der Waals surface area contributed by atoms with Gasteiger partial charge in [-0.1, -0.05) is 0 Å². The molecule has 0 bridgehead atoms. The standard InChI is InChI=1S/C9H15NO.C9H14O2.C8H13NO2.C8H13NO/c11-9-5-1-4-8-7(9)3-2-6-10-8;10-8-4-1-5-9-7(8)3-2-6-11-9;10-8-2-1-3-9-4-5-11-6-7(8)9;10-8-4-2-6-9-5-1-3-7(8)9/h7-8,10H,1-6H2;7,9H,1-6H2;7H,1-6H2;7H,1-6H2. The maximum absolute atomic E-state index is 11.4. The number of carbonyl (C=O) groups excluding carboxylic acids is 4. The van der Waals surface area contributed by atoms with Gasteiger partial charge in [0.25, 0.3) is 0 Å².